The number of nitrogens with one attached hydrogen (secondary N) is 2. The molecule has 0 aliphatic carbocycles. The first-order valence-corrected chi connectivity index (χ1v) is 8.46. The smallest absolute Gasteiger partial charge is 0.347 e. The summed E-state index contributed by atoms with van der Waals surface area (Å²) in [5.74, 6) is -0.461. The largest absolute Gasteiger partial charge is 0.477 e. The fraction of sp³-hybridized carbons (Fsp3) is 0.545. The first kappa shape index (κ1) is 16.6. The number of rotatable bonds is 7. The second kappa shape index (κ2) is 7.95. The molecule has 0 aromatic carbocycles. The van der Waals surface area contributed by atoms with Crippen LogP contribution in [0.2, 0.25) is 0 Å². The number of nitrogens with zero attached hydrogens (tertiary/aromatic N) is 1. The molecule has 0 radical (unpaired) electrons. The molecule has 7 nitrogen and oxygen atoms in total. The maximum absolute atomic E-state index is 11.4. The number of thiazole rings is 1. The summed E-state index contributed by atoms with van der Waals surface area (Å²) in [6, 6.07) is -0.350. The summed E-state index contributed by atoms with van der Waals surface area (Å²) in [6.45, 7) is 2.25. The number of carbonyl (C=O) groups excluding carboxylic acids is 1. The molecule has 0 saturated carbocycles. The third kappa shape index (κ3) is 5.66. The minimum absolute atomic E-state index is 0.185. The highest BCUT2D eigenvalue weighted by Gasteiger charge is 2.14. The van der Waals surface area contributed by atoms with E-state index in [-0.39, 0.29) is 17.5 Å². The van der Waals surface area contributed by atoms with E-state index >= 15 is 0 Å². The fourth-order valence-electron chi connectivity index (χ4n) is 1.42. The molecule has 1 aromatic rings. The number of carboxylic acids is 1. The normalized spacial score (nSPS) is 11.9. The lowest BCUT2D eigenvalue weighted by molar-refractivity contribution is 0.0701. The summed E-state index contributed by atoms with van der Waals surface area (Å²) < 4.78 is 10.8. The van der Waals surface area contributed by atoms with Gasteiger partial charge in [0.1, 0.15) is 9.88 Å². The van der Waals surface area contributed by atoms with Crippen LogP contribution in [-0.2, 0) is 17.3 Å². The van der Waals surface area contributed by atoms with Crippen molar-refractivity contribution in [3.8, 4) is 0 Å². The van der Waals surface area contributed by atoms with Crippen molar-refractivity contribution in [3.05, 3.63) is 15.6 Å². The summed E-state index contributed by atoms with van der Waals surface area (Å²) >= 11 is 1.05. The first-order chi connectivity index (χ1) is 9.40. The number of carboxylic acid groups (broad SMARTS) is 1. The fourth-order valence-corrected chi connectivity index (χ4v) is 2.82. The second-order valence-corrected chi connectivity index (χ2v) is 6.71. The topological polar surface area (TPSA) is 108 Å². The predicted molar refractivity (Wildman–Crippen MR) is 77.6 cm³/mol. The van der Waals surface area contributed by atoms with E-state index in [4.69, 9.17) is 5.11 Å². The number of hydrogen-bond donors (Lipinski definition) is 3. The quantitative estimate of drug-likeness (QED) is 0.642. The van der Waals surface area contributed by atoms with E-state index in [1.165, 1.54) is 0 Å². The second-order valence-electron chi connectivity index (χ2n) is 4.07. The van der Waals surface area contributed by atoms with Crippen molar-refractivity contribution in [2.24, 2.45) is 0 Å². The lowest BCUT2D eigenvalue weighted by atomic mass is 10.4. The number of aromatic carboxylic acids is 1. The molecule has 1 atom stereocenters. The van der Waals surface area contributed by atoms with Crippen molar-refractivity contribution in [3.63, 3.8) is 0 Å². The zero-order valence-corrected chi connectivity index (χ0v) is 12.9. The molecule has 20 heavy (non-hydrogen) atoms. The van der Waals surface area contributed by atoms with Crippen LogP contribution in [0.1, 0.15) is 26.8 Å². The van der Waals surface area contributed by atoms with Crippen molar-refractivity contribution >= 4 is 34.1 Å². The number of aromatic nitrogens is 1. The van der Waals surface area contributed by atoms with Gasteiger partial charge < -0.3 is 15.7 Å². The number of amides is 2. The lowest BCUT2D eigenvalue weighted by Gasteiger charge is -2.05. The number of aryl methyl sites for hydroxylation is 1. The van der Waals surface area contributed by atoms with Crippen LogP contribution in [0.25, 0.3) is 0 Å². The van der Waals surface area contributed by atoms with E-state index in [1.807, 2.05) is 0 Å². The van der Waals surface area contributed by atoms with Gasteiger partial charge in [0, 0.05) is 29.4 Å². The molecule has 1 unspecified atom stereocenters. The molecule has 3 N–H and O–H groups in total. The predicted octanol–water partition coefficient (Wildman–Crippen LogP) is 0.718. The van der Waals surface area contributed by atoms with Crippen molar-refractivity contribution in [1.29, 1.82) is 0 Å². The first-order valence-electron chi connectivity index (χ1n) is 5.91. The van der Waals surface area contributed by atoms with Gasteiger partial charge in [-0.1, -0.05) is 0 Å². The van der Waals surface area contributed by atoms with Gasteiger partial charge in [-0.2, -0.15) is 0 Å². The van der Waals surface area contributed by atoms with Crippen LogP contribution in [0.4, 0.5) is 4.79 Å². The molecule has 0 fully saturated rings. The van der Waals surface area contributed by atoms with Crippen LogP contribution in [0.15, 0.2) is 0 Å². The average molecular weight is 319 g/mol. The van der Waals surface area contributed by atoms with E-state index in [0.717, 1.165) is 11.3 Å². The Balaban J connectivity index is 2.32. The summed E-state index contributed by atoms with van der Waals surface area (Å²) in [5, 5.41) is 14.7. The Kier molecular flexibility index (Phi) is 6.59. The third-order valence-corrected chi connectivity index (χ3v) is 4.34. The summed E-state index contributed by atoms with van der Waals surface area (Å²) in [7, 11) is -0.854. The Morgan fingerprint density at radius 3 is 2.65 bits per heavy atom. The van der Waals surface area contributed by atoms with Crippen LogP contribution in [0.3, 0.4) is 0 Å². The SMILES string of the molecule is Cc1nc(CNC(=O)NCCCS(C)=O)sc1C(=O)O. The minimum atomic E-state index is -1.01. The van der Waals surface area contributed by atoms with Crippen LogP contribution >= 0.6 is 11.3 Å². The van der Waals surface area contributed by atoms with Crippen molar-refractivity contribution in [2.45, 2.75) is 19.9 Å². The summed E-state index contributed by atoms with van der Waals surface area (Å²) in [4.78, 5) is 26.6. The molecule has 1 heterocycles. The van der Waals surface area contributed by atoms with E-state index in [1.54, 1.807) is 13.2 Å². The maximum atomic E-state index is 11.4. The molecule has 9 heteroatoms. The van der Waals surface area contributed by atoms with Gasteiger partial charge in [-0.05, 0) is 13.3 Å². The Hall–Kier alpha value is -1.48. The van der Waals surface area contributed by atoms with Crippen LogP contribution < -0.4 is 10.6 Å². The van der Waals surface area contributed by atoms with Crippen LogP contribution in [-0.4, -0.2) is 44.9 Å². The van der Waals surface area contributed by atoms with Gasteiger partial charge in [0.15, 0.2) is 0 Å². The van der Waals surface area contributed by atoms with Gasteiger partial charge in [-0.25, -0.2) is 14.6 Å². The van der Waals surface area contributed by atoms with Crippen molar-refractivity contribution < 1.29 is 18.9 Å². The maximum Gasteiger partial charge on any atom is 0.347 e. The highest BCUT2D eigenvalue weighted by molar-refractivity contribution is 7.84. The van der Waals surface area contributed by atoms with Gasteiger partial charge in [-0.3, -0.25) is 4.21 Å². The summed E-state index contributed by atoms with van der Waals surface area (Å²) in [6.07, 6.45) is 2.26. The zero-order chi connectivity index (χ0) is 15.1. The minimum Gasteiger partial charge on any atom is -0.477 e. The number of urea groups is 1. The van der Waals surface area contributed by atoms with Gasteiger partial charge in [0.2, 0.25) is 0 Å². The standard InChI is InChI=1S/C11H17N3O4S2/c1-7-9(10(15)16)19-8(14-7)6-13-11(17)12-4-3-5-20(2)18/h3-6H2,1-2H3,(H,15,16)(H2,12,13,17). The molecule has 0 saturated heterocycles. The molecule has 112 valence electrons. The van der Waals surface area contributed by atoms with Crippen molar-refractivity contribution in [1.82, 2.24) is 15.6 Å². The van der Waals surface area contributed by atoms with Crippen molar-refractivity contribution in [2.75, 3.05) is 18.6 Å². The lowest BCUT2D eigenvalue weighted by Crippen LogP contribution is -2.35. The monoisotopic (exact) mass is 319 g/mol. The van der Waals surface area contributed by atoms with Crippen LogP contribution in [0, 0.1) is 6.92 Å². The van der Waals surface area contributed by atoms with E-state index in [9.17, 15) is 13.8 Å². The van der Waals surface area contributed by atoms with Gasteiger partial charge >= 0.3 is 12.0 Å². The Labute approximate surface area is 123 Å². The Bertz CT molecular complexity index is 516. The van der Waals surface area contributed by atoms with E-state index in [2.05, 4.69) is 15.6 Å². The third-order valence-electron chi connectivity index (χ3n) is 2.33. The average Bonchev–Trinajstić information content (AvgIpc) is 2.73. The summed E-state index contributed by atoms with van der Waals surface area (Å²) in [5.41, 5.74) is 0.449. The molecule has 0 spiro atoms. The van der Waals surface area contributed by atoms with Gasteiger partial charge in [0.25, 0.3) is 0 Å². The highest BCUT2D eigenvalue weighted by atomic mass is 32.2. The number of carbonyl (C=O) groups is 2. The zero-order valence-electron chi connectivity index (χ0n) is 11.3. The van der Waals surface area contributed by atoms with Gasteiger partial charge in [-0.15, -0.1) is 11.3 Å². The van der Waals surface area contributed by atoms with E-state index < -0.39 is 16.8 Å². The number of hydrogen-bond acceptors (Lipinski definition) is 5. The molecule has 1 rings (SSSR count). The molecule has 0 bridgehead atoms. The molecule has 0 aliphatic heterocycles. The van der Waals surface area contributed by atoms with Crippen LogP contribution in [0.5, 0.6) is 0 Å². The molecule has 0 aliphatic rings. The molecular weight excluding hydrogens is 302 g/mol. The van der Waals surface area contributed by atoms with Gasteiger partial charge in [0.05, 0.1) is 12.2 Å². The van der Waals surface area contributed by atoms with E-state index in [0.29, 0.717) is 29.4 Å². The highest BCUT2D eigenvalue weighted by Crippen LogP contribution is 2.17. The molecule has 2 amide bonds. The Morgan fingerprint density at radius 1 is 1.40 bits per heavy atom. The molecular formula is C11H17N3O4S2. The Morgan fingerprint density at radius 2 is 2.10 bits per heavy atom. The molecule has 1 aromatic heterocycles.